The molecule has 2 fully saturated rings. The predicted molar refractivity (Wildman–Crippen MR) is 78.2 cm³/mol. The molecule has 0 spiro atoms. The molecule has 0 bridgehead atoms. The molecule has 0 saturated carbocycles. The van der Waals surface area contributed by atoms with E-state index in [9.17, 15) is 4.79 Å². The molecule has 21 heavy (non-hydrogen) atoms. The summed E-state index contributed by atoms with van der Waals surface area (Å²) >= 11 is 0. The summed E-state index contributed by atoms with van der Waals surface area (Å²) in [5, 5.41) is 0. The fourth-order valence-electron chi connectivity index (χ4n) is 4.45. The third kappa shape index (κ3) is 1.89. The van der Waals surface area contributed by atoms with Crippen LogP contribution in [0.2, 0.25) is 0 Å². The van der Waals surface area contributed by atoms with Crippen LogP contribution in [0.15, 0.2) is 18.2 Å². The molecule has 0 N–H and O–H groups in total. The summed E-state index contributed by atoms with van der Waals surface area (Å²) in [6, 6.07) is 7.10. The van der Waals surface area contributed by atoms with Gasteiger partial charge in [-0.05, 0) is 49.4 Å². The van der Waals surface area contributed by atoms with Gasteiger partial charge in [0.25, 0.3) is 0 Å². The summed E-state index contributed by atoms with van der Waals surface area (Å²) < 4.78 is 10.8. The number of esters is 1. The van der Waals surface area contributed by atoms with Crippen LogP contribution in [0.4, 0.5) is 0 Å². The Bertz CT molecular complexity index is 585. The first-order valence-electron chi connectivity index (χ1n) is 7.82. The van der Waals surface area contributed by atoms with Crippen LogP contribution in [-0.4, -0.2) is 36.7 Å². The largest absolute Gasteiger partial charge is 0.497 e. The second kappa shape index (κ2) is 4.73. The van der Waals surface area contributed by atoms with Crippen molar-refractivity contribution in [1.29, 1.82) is 0 Å². The Morgan fingerprint density at radius 1 is 1.33 bits per heavy atom. The van der Waals surface area contributed by atoms with Crippen LogP contribution < -0.4 is 4.74 Å². The SMILES string of the molecule is COc1ccc2c(c1)CCN1[C@@H]3[C@H](C)OC(=O)[C@@H]3CC[C@@H]21. The number of nitrogens with zero attached hydrogens (tertiary/aromatic N) is 1. The Balaban J connectivity index is 1.69. The van der Waals surface area contributed by atoms with Gasteiger partial charge in [0.1, 0.15) is 11.9 Å². The molecule has 2 saturated heterocycles. The monoisotopic (exact) mass is 287 g/mol. The van der Waals surface area contributed by atoms with E-state index in [1.165, 1.54) is 11.1 Å². The van der Waals surface area contributed by atoms with Crippen LogP contribution in [0.1, 0.15) is 36.9 Å². The number of carbonyl (C=O) groups is 1. The van der Waals surface area contributed by atoms with Crippen LogP contribution in [-0.2, 0) is 16.0 Å². The Hall–Kier alpha value is -1.55. The first-order chi connectivity index (χ1) is 10.2. The molecule has 0 radical (unpaired) electrons. The van der Waals surface area contributed by atoms with Crippen molar-refractivity contribution in [1.82, 2.24) is 4.90 Å². The van der Waals surface area contributed by atoms with Gasteiger partial charge in [-0.15, -0.1) is 0 Å². The zero-order chi connectivity index (χ0) is 14.6. The van der Waals surface area contributed by atoms with Crippen LogP contribution >= 0.6 is 0 Å². The highest BCUT2D eigenvalue weighted by molar-refractivity contribution is 5.76. The van der Waals surface area contributed by atoms with E-state index in [0.29, 0.717) is 6.04 Å². The van der Waals surface area contributed by atoms with Gasteiger partial charge in [0.2, 0.25) is 0 Å². The van der Waals surface area contributed by atoms with Gasteiger partial charge in [0.15, 0.2) is 0 Å². The first kappa shape index (κ1) is 13.1. The van der Waals surface area contributed by atoms with Crippen molar-refractivity contribution in [3.05, 3.63) is 29.3 Å². The summed E-state index contributed by atoms with van der Waals surface area (Å²) in [5.74, 6) is 1.02. The lowest BCUT2D eigenvalue weighted by molar-refractivity contribution is -0.144. The molecule has 4 rings (SSSR count). The van der Waals surface area contributed by atoms with Gasteiger partial charge < -0.3 is 9.47 Å². The molecule has 4 atom stereocenters. The summed E-state index contributed by atoms with van der Waals surface area (Å²) in [7, 11) is 1.71. The van der Waals surface area contributed by atoms with Crippen molar-refractivity contribution in [2.24, 2.45) is 5.92 Å². The fraction of sp³-hybridized carbons (Fsp3) is 0.588. The Labute approximate surface area is 125 Å². The minimum absolute atomic E-state index is 0.00600. The topological polar surface area (TPSA) is 38.8 Å². The number of hydrogen-bond donors (Lipinski definition) is 0. The maximum atomic E-state index is 12.0. The van der Waals surface area contributed by atoms with Crippen molar-refractivity contribution in [3.63, 3.8) is 0 Å². The average molecular weight is 287 g/mol. The molecule has 0 unspecified atom stereocenters. The van der Waals surface area contributed by atoms with Gasteiger partial charge in [-0.3, -0.25) is 9.69 Å². The van der Waals surface area contributed by atoms with E-state index >= 15 is 0 Å². The van der Waals surface area contributed by atoms with Crippen molar-refractivity contribution >= 4 is 5.97 Å². The highest BCUT2D eigenvalue weighted by Crippen LogP contribution is 2.46. The first-order valence-corrected chi connectivity index (χ1v) is 7.82. The Kier molecular flexibility index (Phi) is 2.96. The number of cyclic esters (lactones) is 1. The van der Waals surface area contributed by atoms with E-state index in [4.69, 9.17) is 9.47 Å². The molecule has 0 aliphatic carbocycles. The summed E-state index contributed by atoms with van der Waals surface area (Å²) in [6.07, 6.45) is 3.03. The predicted octanol–water partition coefficient (Wildman–Crippen LogP) is 2.32. The molecule has 112 valence electrons. The zero-order valence-electron chi connectivity index (χ0n) is 12.5. The molecule has 4 nitrogen and oxygen atoms in total. The van der Waals surface area contributed by atoms with Gasteiger partial charge in [0, 0.05) is 12.6 Å². The van der Waals surface area contributed by atoms with E-state index < -0.39 is 0 Å². The van der Waals surface area contributed by atoms with Gasteiger partial charge in [-0.25, -0.2) is 0 Å². The summed E-state index contributed by atoms with van der Waals surface area (Å²) in [4.78, 5) is 14.5. The molecule has 3 aliphatic rings. The van der Waals surface area contributed by atoms with E-state index in [1.807, 2.05) is 13.0 Å². The minimum atomic E-state index is 0.00600. The molecule has 3 heterocycles. The highest BCUT2D eigenvalue weighted by atomic mass is 16.6. The van der Waals surface area contributed by atoms with Crippen molar-refractivity contribution in [2.75, 3.05) is 13.7 Å². The maximum Gasteiger partial charge on any atom is 0.310 e. The number of carbonyl (C=O) groups excluding carboxylic acids is 1. The highest BCUT2D eigenvalue weighted by Gasteiger charge is 2.51. The molecular weight excluding hydrogens is 266 g/mol. The van der Waals surface area contributed by atoms with Gasteiger partial charge >= 0.3 is 5.97 Å². The lowest BCUT2D eigenvalue weighted by atomic mass is 9.79. The van der Waals surface area contributed by atoms with E-state index in [1.54, 1.807) is 7.11 Å². The number of fused-ring (bicyclic) bond motifs is 5. The second-order valence-corrected chi connectivity index (χ2v) is 6.38. The van der Waals surface area contributed by atoms with Gasteiger partial charge in [0.05, 0.1) is 19.1 Å². The number of ether oxygens (including phenoxy) is 2. The van der Waals surface area contributed by atoms with Crippen LogP contribution in [0, 0.1) is 5.92 Å². The van der Waals surface area contributed by atoms with Crippen LogP contribution in [0.5, 0.6) is 5.75 Å². The minimum Gasteiger partial charge on any atom is -0.497 e. The normalized spacial score (nSPS) is 34.7. The zero-order valence-corrected chi connectivity index (χ0v) is 12.5. The molecule has 0 amide bonds. The second-order valence-electron chi connectivity index (χ2n) is 6.38. The Morgan fingerprint density at radius 2 is 2.19 bits per heavy atom. The quantitative estimate of drug-likeness (QED) is 0.743. The molecule has 4 heteroatoms. The lowest BCUT2D eigenvalue weighted by Crippen LogP contribution is -2.52. The average Bonchev–Trinajstić information content (AvgIpc) is 2.81. The maximum absolute atomic E-state index is 12.0. The standard InChI is InChI=1S/C17H21NO3/c1-10-16-14(17(19)21-10)5-6-15-13-4-3-12(20-2)9-11(13)7-8-18(15)16/h3-4,9-10,14-16H,5-8H2,1-2H3/t10-,14+,15-,16+/m0/s1. The number of hydrogen-bond acceptors (Lipinski definition) is 4. The molecule has 3 aliphatic heterocycles. The van der Waals surface area contributed by atoms with Gasteiger partial charge in [-0.2, -0.15) is 0 Å². The fourth-order valence-corrected chi connectivity index (χ4v) is 4.45. The van der Waals surface area contributed by atoms with Crippen molar-refractivity contribution in [2.45, 2.75) is 44.4 Å². The van der Waals surface area contributed by atoms with E-state index in [-0.39, 0.29) is 24.0 Å². The van der Waals surface area contributed by atoms with E-state index in [0.717, 1.165) is 31.6 Å². The lowest BCUT2D eigenvalue weighted by Gasteiger charge is -2.46. The summed E-state index contributed by atoms with van der Waals surface area (Å²) in [6.45, 7) is 3.04. The Morgan fingerprint density at radius 3 is 3.00 bits per heavy atom. The molecular formula is C17H21NO3. The third-order valence-corrected chi connectivity index (χ3v) is 5.38. The van der Waals surface area contributed by atoms with Gasteiger partial charge in [-0.1, -0.05) is 6.07 Å². The van der Waals surface area contributed by atoms with E-state index in [2.05, 4.69) is 17.0 Å². The molecule has 1 aromatic rings. The smallest absolute Gasteiger partial charge is 0.310 e. The molecule has 0 aromatic heterocycles. The van der Waals surface area contributed by atoms with Crippen LogP contribution in [0.25, 0.3) is 0 Å². The van der Waals surface area contributed by atoms with Crippen molar-refractivity contribution in [3.8, 4) is 5.75 Å². The number of piperidine rings is 1. The number of rotatable bonds is 1. The van der Waals surface area contributed by atoms with Crippen molar-refractivity contribution < 1.29 is 14.3 Å². The number of benzene rings is 1. The summed E-state index contributed by atoms with van der Waals surface area (Å²) in [5.41, 5.74) is 2.80. The third-order valence-electron chi connectivity index (χ3n) is 5.38. The molecule has 1 aromatic carbocycles. The van der Waals surface area contributed by atoms with Crippen LogP contribution in [0.3, 0.4) is 0 Å². The number of methoxy groups -OCH3 is 1.